The molecule has 2 unspecified atom stereocenters. The van der Waals surface area contributed by atoms with Crippen molar-refractivity contribution in [1.82, 2.24) is 4.90 Å². The van der Waals surface area contributed by atoms with Crippen LogP contribution in [0.15, 0.2) is 0 Å². The summed E-state index contributed by atoms with van der Waals surface area (Å²) in [6, 6.07) is 0.339. The second-order valence-electron chi connectivity index (χ2n) is 6.04. The van der Waals surface area contributed by atoms with Crippen molar-refractivity contribution in [2.45, 2.75) is 65.0 Å². The molecule has 100 valence electrons. The van der Waals surface area contributed by atoms with Crippen molar-refractivity contribution in [1.29, 1.82) is 0 Å². The van der Waals surface area contributed by atoms with Crippen LogP contribution in [-0.4, -0.2) is 40.5 Å². The first-order valence-corrected chi connectivity index (χ1v) is 6.79. The molecule has 0 radical (unpaired) electrons. The lowest BCUT2D eigenvalue weighted by Crippen LogP contribution is -2.50. The molecule has 1 heterocycles. The number of hydrogen-bond acceptors (Lipinski definition) is 3. The van der Waals surface area contributed by atoms with E-state index in [-0.39, 0.29) is 11.7 Å². The normalized spacial score (nSPS) is 25.9. The van der Waals surface area contributed by atoms with Crippen LogP contribution >= 0.6 is 0 Å². The van der Waals surface area contributed by atoms with Gasteiger partial charge in [0.1, 0.15) is 5.78 Å². The zero-order chi connectivity index (χ0) is 13.1. The number of ketones is 1. The quantitative estimate of drug-likeness (QED) is 0.802. The Labute approximate surface area is 105 Å². The molecule has 1 aliphatic rings. The van der Waals surface area contributed by atoms with E-state index in [9.17, 15) is 9.90 Å². The summed E-state index contributed by atoms with van der Waals surface area (Å²) < 4.78 is 0. The van der Waals surface area contributed by atoms with E-state index in [2.05, 4.69) is 4.90 Å². The Morgan fingerprint density at radius 3 is 2.65 bits per heavy atom. The highest BCUT2D eigenvalue weighted by molar-refractivity contribution is 5.76. The summed E-state index contributed by atoms with van der Waals surface area (Å²) in [6.07, 6.45) is 4.11. The third-order valence-electron chi connectivity index (χ3n) is 4.04. The molecule has 0 aromatic carbocycles. The Bertz CT molecular complexity index is 261. The van der Waals surface area contributed by atoms with Crippen molar-refractivity contribution in [2.24, 2.45) is 5.92 Å². The van der Waals surface area contributed by atoms with Gasteiger partial charge in [0.05, 0.1) is 5.60 Å². The Hall–Kier alpha value is -0.410. The first kappa shape index (κ1) is 14.7. The van der Waals surface area contributed by atoms with E-state index in [1.54, 1.807) is 6.92 Å². The van der Waals surface area contributed by atoms with Gasteiger partial charge in [0.25, 0.3) is 0 Å². The van der Waals surface area contributed by atoms with Crippen LogP contribution in [0.25, 0.3) is 0 Å². The van der Waals surface area contributed by atoms with Gasteiger partial charge in [-0.2, -0.15) is 0 Å². The third-order valence-corrected chi connectivity index (χ3v) is 4.04. The number of carbonyl (C=O) groups is 1. The minimum Gasteiger partial charge on any atom is -0.389 e. The number of likely N-dealkylation sites (tertiary alicyclic amines) is 1. The molecular weight excluding hydrogens is 214 g/mol. The highest BCUT2D eigenvalue weighted by atomic mass is 16.3. The number of Topliss-reactive ketones (excluding diaryl/α,β-unsaturated/α-hetero) is 1. The van der Waals surface area contributed by atoms with Crippen LogP contribution in [0.2, 0.25) is 0 Å². The smallest absolute Gasteiger partial charge is 0.131 e. The zero-order valence-corrected chi connectivity index (χ0v) is 11.7. The monoisotopic (exact) mass is 241 g/mol. The summed E-state index contributed by atoms with van der Waals surface area (Å²) >= 11 is 0. The molecule has 0 saturated carbocycles. The third kappa shape index (κ3) is 4.40. The van der Waals surface area contributed by atoms with Crippen molar-refractivity contribution in [3.8, 4) is 0 Å². The van der Waals surface area contributed by atoms with E-state index in [0.29, 0.717) is 19.0 Å². The molecule has 1 aliphatic heterocycles. The van der Waals surface area contributed by atoms with Crippen molar-refractivity contribution in [3.63, 3.8) is 0 Å². The Morgan fingerprint density at radius 1 is 1.47 bits per heavy atom. The summed E-state index contributed by atoms with van der Waals surface area (Å²) in [6.45, 7) is 9.35. The molecule has 2 atom stereocenters. The van der Waals surface area contributed by atoms with Gasteiger partial charge in [0.15, 0.2) is 0 Å². The zero-order valence-electron chi connectivity index (χ0n) is 11.7. The molecule has 1 rings (SSSR count). The Kier molecular flexibility index (Phi) is 5.14. The average molecular weight is 241 g/mol. The molecular formula is C14H27NO2. The van der Waals surface area contributed by atoms with Gasteiger partial charge in [-0.15, -0.1) is 0 Å². The number of aliphatic hydroxyl groups is 1. The molecule has 0 bridgehead atoms. The molecule has 0 spiro atoms. The number of nitrogens with zero attached hydrogens (tertiary/aromatic N) is 1. The number of carbonyl (C=O) groups excluding carboxylic acids is 1. The maximum Gasteiger partial charge on any atom is 0.131 e. The van der Waals surface area contributed by atoms with Crippen LogP contribution in [0.5, 0.6) is 0 Å². The van der Waals surface area contributed by atoms with Crippen molar-refractivity contribution in [2.75, 3.05) is 13.1 Å². The van der Waals surface area contributed by atoms with Gasteiger partial charge in [-0.3, -0.25) is 9.69 Å². The number of β-amino-alcohol motifs (C(OH)–C–C–N with tert-alkyl or cyclic N) is 1. The number of piperidine rings is 1. The molecule has 0 aromatic heterocycles. The van der Waals surface area contributed by atoms with Crippen molar-refractivity contribution < 1.29 is 9.90 Å². The fourth-order valence-electron chi connectivity index (χ4n) is 2.42. The fraction of sp³-hybridized carbons (Fsp3) is 0.929. The summed E-state index contributed by atoms with van der Waals surface area (Å²) in [7, 11) is 0. The van der Waals surface area contributed by atoms with Crippen LogP contribution < -0.4 is 0 Å². The van der Waals surface area contributed by atoms with Crippen LogP contribution in [0.4, 0.5) is 0 Å². The number of hydrogen-bond donors (Lipinski definition) is 1. The van der Waals surface area contributed by atoms with E-state index < -0.39 is 5.60 Å². The molecule has 3 heteroatoms. The number of rotatable bonds is 5. The van der Waals surface area contributed by atoms with Crippen LogP contribution in [0.1, 0.15) is 53.4 Å². The second kappa shape index (κ2) is 5.96. The summed E-state index contributed by atoms with van der Waals surface area (Å²) in [5.41, 5.74) is -0.660. The molecule has 3 nitrogen and oxygen atoms in total. The topological polar surface area (TPSA) is 40.5 Å². The largest absolute Gasteiger partial charge is 0.389 e. The molecule has 1 N–H and O–H groups in total. The minimum absolute atomic E-state index is 0.238. The summed E-state index contributed by atoms with van der Waals surface area (Å²) in [4.78, 5) is 13.6. The average Bonchev–Trinajstić information content (AvgIpc) is 2.19. The van der Waals surface area contributed by atoms with Gasteiger partial charge >= 0.3 is 0 Å². The molecule has 0 aliphatic carbocycles. The Morgan fingerprint density at radius 2 is 2.12 bits per heavy atom. The SMILES string of the molecule is CC(=O)CC1CCCCN1CC(C)(O)C(C)C. The summed E-state index contributed by atoms with van der Waals surface area (Å²) in [5.74, 6) is 0.494. The fourth-order valence-corrected chi connectivity index (χ4v) is 2.42. The highest BCUT2D eigenvalue weighted by Gasteiger charge is 2.32. The van der Waals surface area contributed by atoms with E-state index in [4.69, 9.17) is 0 Å². The van der Waals surface area contributed by atoms with Crippen molar-refractivity contribution >= 4 is 5.78 Å². The maximum absolute atomic E-state index is 11.3. The van der Waals surface area contributed by atoms with E-state index in [0.717, 1.165) is 13.0 Å². The molecule has 17 heavy (non-hydrogen) atoms. The first-order chi connectivity index (χ1) is 7.83. The van der Waals surface area contributed by atoms with Gasteiger partial charge in [0, 0.05) is 19.0 Å². The lowest BCUT2D eigenvalue weighted by Gasteiger charge is -2.41. The lowest BCUT2D eigenvalue weighted by molar-refractivity contribution is -0.119. The highest BCUT2D eigenvalue weighted by Crippen LogP contribution is 2.25. The maximum atomic E-state index is 11.3. The van der Waals surface area contributed by atoms with Crippen LogP contribution in [0.3, 0.4) is 0 Å². The van der Waals surface area contributed by atoms with E-state index >= 15 is 0 Å². The van der Waals surface area contributed by atoms with Gasteiger partial charge < -0.3 is 5.11 Å². The molecule has 1 saturated heterocycles. The van der Waals surface area contributed by atoms with Gasteiger partial charge in [-0.05, 0) is 39.2 Å². The standard InChI is InChI=1S/C14H27NO2/c1-11(2)14(4,17)10-15-8-6-5-7-13(15)9-12(3)16/h11,13,17H,5-10H2,1-4H3. The van der Waals surface area contributed by atoms with E-state index in [1.165, 1.54) is 12.8 Å². The van der Waals surface area contributed by atoms with Crippen LogP contribution in [-0.2, 0) is 4.79 Å². The molecule has 0 aromatic rings. The Balaban J connectivity index is 2.62. The van der Waals surface area contributed by atoms with Gasteiger partial charge in [-0.1, -0.05) is 20.3 Å². The lowest BCUT2D eigenvalue weighted by atomic mass is 9.89. The minimum atomic E-state index is -0.660. The van der Waals surface area contributed by atoms with E-state index in [1.807, 2.05) is 20.8 Å². The van der Waals surface area contributed by atoms with Crippen LogP contribution in [0, 0.1) is 5.92 Å². The molecule has 0 amide bonds. The van der Waals surface area contributed by atoms with Crippen molar-refractivity contribution in [3.05, 3.63) is 0 Å². The van der Waals surface area contributed by atoms with Gasteiger partial charge in [-0.25, -0.2) is 0 Å². The predicted octanol–water partition coefficient (Wildman–Crippen LogP) is 2.23. The summed E-state index contributed by atoms with van der Waals surface area (Å²) in [5, 5.41) is 10.4. The first-order valence-electron chi connectivity index (χ1n) is 6.79. The second-order valence-corrected chi connectivity index (χ2v) is 6.04. The van der Waals surface area contributed by atoms with Gasteiger partial charge in [0.2, 0.25) is 0 Å². The molecule has 1 fully saturated rings. The predicted molar refractivity (Wildman–Crippen MR) is 70.0 cm³/mol.